The SMILES string of the molecule is C[C@]1(CO[P+](=O)Oc2ccccc2)O[C@@H](n2cnc3c(N)nc(F)nc32)C[C@@H]1O. The van der Waals surface area contributed by atoms with Crippen molar-refractivity contribution in [3.63, 3.8) is 0 Å². The molecule has 0 bridgehead atoms. The maximum atomic E-state index is 13.6. The highest BCUT2D eigenvalue weighted by molar-refractivity contribution is 7.33. The molecule has 1 fully saturated rings. The Morgan fingerprint density at radius 1 is 1.41 bits per heavy atom. The van der Waals surface area contributed by atoms with Gasteiger partial charge in [-0.1, -0.05) is 18.2 Å². The minimum Gasteiger partial charge on any atom is -0.390 e. The number of hydrogen-bond donors (Lipinski definition) is 2. The average Bonchev–Trinajstić information content (AvgIpc) is 3.23. The normalized spacial score (nSPS) is 24.7. The molecule has 1 unspecified atom stereocenters. The first-order valence-corrected chi connectivity index (χ1v) is 9.80. The van der Waals surface area contributed by atoms with Crippen LogP contribution < -0.4 is 10.3 Å². The van der Waals surface area contributed by atoms with Crippen LogP contribution in [0.4, 0.5) is 10.2 Å². The fourth-order valence-corrected chi connectivity index (χ4v) is 3.78. The van der Waals surface area contributed by atoms with E-state index in [1.54, 1.807) is 37.3 Å². The van der Waals surface area contributed by atoms with E-state index < -0.39 is 32.3 Å². The zero-order chi connectivity index (χ0) is 20.6. The lowest BCUT2D eigenvalue weighted by Gasteiger charge is -2.24. The maximum Gasteiger partial charge on any atom is 0.750 e. The molecule has 0 aliphatic carbocycles. The van der Waals surface area contributed by atoms with Crippen LogP contribution in [0.15, 0.2) is 36.7 Å². The van der Waals surface area contributed by atoms with Gasteiger partial charge in [0.05, 0.1) is 12.4 Å². The predicted octanol–water partition coefficient (Wildman–Crippen LogP) is 2.34. The van der Waals surface area contributed by atoms with Crippen molar-refractivity contribution in [2.24, 2.45) is 0 Å². The standard InChI is InChI=1S/C17H18FN5O5P/c1-17(8-26-29(25)28-10-5-3-2-4-6-10)11(24)7-12(27-17)23-9-20-13-14(19)21-16(18)22-15(13)23/h2-6,9,11-12,24H,7-8H2,1H3,(H2,19,21,22)/q+1/t11-,12+,17+/m0/s1. The highest BCUT2D eigenvalue weighted by Gasteiger charge is 2.48. The second-order valence-electron chi connectivity index (χ2n) is 6.74. The molecule has 152 valence electrons. The van der Waals surface area contributed by atoms with Crippen molar-refractivity contribution in [1.82, 2.24) is 19.5 Å². The van der Waals surface area contributed by atoms with Gasteiger partial charge in [0.2, 0.25) is 0 Å². The third-order valence-corrected chi connectivity index (χ3v) is 5.35. The van der Waals surface area contributed by atoms with Crippen molar-refractivity contribution in [1.29, 1.82) is 0 Å². The van der Waals surface area contributed by atoms with E-state index in [9.17, 15) is 14.1 Å². The van der Waals surface area contributed by atoms with E-state index in [2.05, 4.69) is 15.0 Å². The first kappa shape index (κ1) is 19.6. The van der Waals surface area contributed by atoms with Crippen molar-refractivity contribution >= 4 is 25.2 Å². The van der Waals surface area contributed by atoms with Crippen LogP contribution in [-0.2, 0) is 13.8 Å². The lowest BCUT2D eigenvalue weighted by Crippen LogP contribution is -2.40. The summed E-state index contributed by atoms with van der Waals surface area (Å²) in [5.41, 5.74) is 4.87. The molecule has 1 aliphatic rings. The van der Waals surface area contributed by atoms with E-state index in [1.165, 1.54) is 10.9 Å². The third kappa shape index (κ3) is 3.90. The van der Waals surface area contributed by atoms with Gasteiger partial charge in [0.1, 0.15) is 18.4 Å². The second kappa shape index (κ2) is 7.60. The van der Waals surface area contributed by atoms with Crippen molar-refractivity contribution in [2.45, 2.75) is 31.3 Å². The molecule has 1 aliphatic heterocycles. The summed E-state index contributed by atoms with van der Waals surface area (Å²) >= 11 is 0. The number of imidazole rings is 1. The number of halogens is 1. The third-order valence-electron chi connectivity index (χ3n) is 4.65. The molecule has 4 atom stereocenters. The number of rotatable bonds is 6. The maximum absolute atomic E-state index is 13.6. The number of ether oxygens (including phenoxy) is 1. The molecule has 0 radical (unpaired) electrons. The highest BCUT2D eigenvalue weighted by Crippen LogP contribution is 2.40. The van der Waals surface area contributed by atoms with Gasteiger partial charge in [0, 0.05) is 11.0 Å². The molecular weight excluding hydrogens is 404 g/mol. The smallest absolute Gasteiger partial charge is 0.390 e. The number of benzene rings is 1. The quantitative estimate of drug-likeness (QED) is 0.453. The molecule has 1 aromatic carbocycles. The fourth-order valence-electron chi connectivity index (χ4n) is 3.07. The molecule has 1 saturated heterocycles. The number of nitrogens with two attached hydrogens (primary N) is 1. The number of aromatic nitrogens is 4. The number of anilines is 1. The molecule has 29 heavy (non-hydrogen) atoms. The monoisotopic (exact) mass is 422 g/mol. The van der Waals surface area contributed by atoms with E-state index in [0.29, 0.717) is 5.75 Å². The Balaban J connectivity index is 1.46. The number of para-hydroxylation sites is 1. The van der Waals surface area contributed by atoms with Crippen LogP contribution in [0, 0.1) is 6.08 Å². The van der Waals surface area contributed by atoms with Crippen molar-refractivity contribution < 1.29 is 27.8 Å². The van der Waals surface area contributed by atoms with Crippen LogP contribution in [0.5, 0.6) is 5.75 Å². The molecule has 3 heterocycles. The van der Waals surface area contributed by atoms with Crippen molar-refractivity contribution in [2.75, 3.05) is 12.3 Å². The molecule has 3 N–H and O–H groups in total. The Bertz CT molecular complexity index is 1050. The predicted molar refractivity (Wildman–Crippen MR) is 99.5 cm³/mol. The number of nitrogens with zero attached hydrogens (tertiary/aromatic N) is 4. The Kier molecular flexibility index (Phi) is 5.13. The summed E-state index contributed by atoms with van der Waals surface area (Å²) in [6.07, 6.45) is -1.10. The van der Waals surface area contributed by atoms with Crippen molar-refractivity contribution in [3.8, 4) is 5.75 Å². The van der Waals surface area contributed by atoms with Crippen LogP contribution in [0.3, 0.4) is 0 Å². The first-order chi connectivity index (χ1) is 13.9. The zero-order valence-corrected chi connectivity index (χ0v) is 16.2. The lowest BCUT2D eigenvalue weighted by atomic mass is 10.0. The summed E-state index contributed by atoms with van der Waals surface area (Å²) < 4.78 is 43.5. The summed E-state index contributed by atoms with van der Waals surface area (Å²) in [4.78, 5) is 11.2. The van der Waals surface area contributed by atoms with Crippen LogP contribution >= 0.6 is 8.25 Å². The van der Waals surface area contributed by atoms with E-state index in [-0.39, 0.29) is 30.0 Å². The largest absolute Gasteiger partial charge is 0.750 e. The summed E-state index contributed by atoms with van der Waals surface area (Å²) in [5, 5.41) is 10.5. The van der Waals surface area contributed by atoms with E-state index in [4.69, 9.17) is 19.5 Å². The molecule has 0 amide bonds. The van der Waals surface area contributed by atoms with Gasteiger partial charge in [-0.25, -0.2) is 9.51 Å². The Hall–Kier alpha value is -2.72. The number of fused-ring (bicyclic) bond motifs is 1. The number of hydrogen-bond acceptors (Lipinski definition) is 9. The molecule has 2 aromatic heterocycles. The molecule has 3 aromatic rings. The zero-order valence-electron chi connectivity index (χ0n) is 15.3. The Morgan fingerprint density at radius 3 is 2.93 bits per heavy atom. The molecule has 4 rings (SSSR count). The fraction of sp³-hybridized carbons (Fsp3) is 0.353. The van der Waals surface area contributed by atoms with E-state index >= 15 is 0 Å². The van der Waals surface area contributed by atoms with Gasteiger partial charge in [-0.05, 0) is 19.1 Å². The summed E-state index contributed by atoms with van der Waals surface area (Å²) in [6.45, 7) is 1.43. The van der Waals surface area contributed by atoms with E-state index in [0.717, 1.165) is 0 Å². The molecule has 10 nitrogen and oxygen atoms in total. The first-order valence-electron chi connectivity index (χ1n) is 8.70. The van der Waals surface area contributed by atoms with E-state index in [1.807, 2.05) is 0 Å². The van der Waals surface area contributed by atoms with Crippen LogP contribution in [0.25, 0.3) is 11.2 Å². The van der Waals surface area contributed by atoms with Crippen molar-refractivity contribution in [3.05, 3.63) is 42.7 Å². The second-order valence-corrected chi connectivity index (χ2v) is 7.63. The van der Waals surface area contributed by atoms with Gasteiger partial charge in [-0.15, -0.1) is 4.52 Å². The topological polar surface area (TPSA) is 135 Å². The molecule has 0 spiro atoms. The summed E-state index contributed by atoms with van der Waals surface area (Å²) in [7, 11) is -2.47. The van der Waals surface area contributed by atoms with Crippen LogP contribution in [0.1, 0.15) is 19.6 Å². The van der Waals surface area contributed by atoms with Gasteiger partial charge in [0.15, 0.2) is 22.7 Å². The van der Waals surface area contributed by atoms with Gasteiger partial charge in [0.25, 0.3) is 0 Å². The van der Waals surface area contributed by atoms with Gasteiger partial charge >= 0.3 is 14.3 Å². The molecular formula is C17H18FN5O5P+. The number of aliphatic hydroxyl groups is 1. The number of nitrogen functional groups attached to an aromatic ring is 1. The molecule has 12 heteroatoms. The van der Waals surface area contributed by atoms with Gasteiger partial charge in [-0.3, -0.25) is 4.57 Å². The Morgan fingerprint density at radius 2 is 2.17 bits per heavy atom. The molecule has 0 saturated carbocycles. The lowest BCUT2D eigenvalue weighted by molar-refractivity contribution is -0.110. The van der Waals surface area contributed by atoms with Crippen LogP contribution in [-0.4, -0.2) is 42.9 Å². The number of aliphatic hydroxyl groups excluding tert-OH is 1. The summed E-state index contributed by atoms with van der Waals surface area (Å²) in [6, 6.07) is 8.57. The highest BCUT2D eigenvalue weighted by atomic mass is 31.1. The summed E-state index contributed by atoms with van der Waals surface area (Å²) in [5.74, 6) is 0.305. The van der Waals surface area contributed by atoms with Gasteiger partial charge < -0.3 is 15.6 Å². The Labute approximate surface area is 165 Å². The van der Waals surface area contributed by atoms with Gasteiger partial charge in [-0.2, -0.15) is 14.4 Å². The average molecular weight is 422 g/mol. The van der Waals surface area contributed by atoms with Crippen LogP contribution in [0.2, 0.25) is 0 Å². The minimum absolute atomic E-state index is 0.0917. The minimum atomic E-state index is -2.47.